The summed E-state index contributed by atoms with van der Waals surface area (Å²) in [5.41, 5.74) is 0.00399. The highest BCUT2D eigenvalue weighted by Crippen LogP contribution is 2.17. The molecule has 0 aliphatic carbocycles. The molecule has 0 aromatic heterocycles. The van der Waals surface area contributed by atoms with Gasteiger partial charge in [0.15, 0.2) is 6.17 Å². The number of alkyl halides is 3. The molecule has 7 nitrogen and oxygen atoms in total. The van der Waals surface area contributed by atoms with Crippen molar-refractivity contribution in [3.05, 3.63) is 0 Å². The molecule has 92 valence electrons. The highest BCUT2D eigenvalue weighted by Gasteiger charge is 2.44. The summed E-state index contributed by atoms with van der Waals surface area (Å²) in [6, 6.07) is 0. The Labute approximate surface area is 91.7 Å². The van der Waals surface area contributed by atoms with Crippen molar-refractivity contribution in [1.29, 1.82) is 0 Å². The molecule has 0 spiro atoms. The second-order valence-corrected chi connectivity index (χ2v) is 3.10. The number of hydrogen-bond donors (Lipinski definition) is 2. The number of esters is 1. The number of rotatable bonds is 1. The van der Waals surface area contributed by atoms with E-state index in [0.717, 1.165) is 6.34 Å². The summed E-state index contributed by atoms with van der Waals surface area (Å²) in [5, 5.41) is 4.33. The molecule has 0 aromatic rings. The lowest BCUT2D eigenvalue weighted by Gasteiger charge is -2.27. The standard InChI is InChI=1S/C7H5F3N4O3/c8-7(9,10)5(16)17-6-13-3-2(4(15)14-6)11-1-12-3/h1,3,6,13H,(H,14,15). The van der Waals surface area contributed by atoms with Gasteiger partial charge in [0.2, 0.25) is 6.35 Å². The Morgan fingerprint density at radius 2 is 2.18 bits per heavy atom. The van der Waals surface area contributed by atoms with Crippen LogP contribution in [0, 0.1) is 0 Å². The van der Waals surface area contributed by atoms with Crippen LogP contribution >= 0.6 is 0 Å². The van der Waals surface area contributed by atoms with E-state index in [1.165, 1.54) is 0 Å². The molecule has 0 bridgehead atoms. The fraction of sp³-hybridized carbons (Fsp3) is 0.429. The van der Waals surface area contributed by atoms with E-state index in [9.17, 15) is 22.8 Å². The Morgan fingerprint density at radius 1 is 1.47 bits per heavy atom. The van der Waals surface area contributed by atoms with Crippen LogP contribution in [-0.2, 0) is 14.3 Å². The van der Waals surface area contributed by atoms with Gasteiger partial charge >= 0.3 is 12.1 Å². The van der Waals surface area contributed by atoms with Crippen molar-refractivity contribution in [2.45, 2.75) is 18.7 Å². The van der Waals surface area contributed by atoms with Crippen molar-refractivity contribution >= 4 is 23.9 Å². The molecule has 2 atom stereocenters. The van der Waals surface area contributed by atoms with E-state index in [1.807, 2.05) is 5.32 Å². The molecular weight excluding hydrogens is 245 g/mol. The van der Waals surface area contributed by atoms with Crippen molar-refractivity contribution in [3.8, 4) is 0 Å². The van der Waals surface area contributed by atoms with E-state index in [2.05, 4.69) is 20.0 Å². The summed E-state index contributed by atoms with van der Waals surface area (Å²) >= 11 is 0. The van der Waals surface area contributed by atoms with E-state index < -0.39 is 30.6 Å². The second kappa shape index (κ2) is 3.80. The zero-order chi connectivity index (χ0) is 12.6. The predicted molar refractivity (Wildman–Crippen MR) is 46.9 cm³/mol. The van der Waals surface area contributed by atoms with Gasteiger partial charge in [-0.25, -0.2) is 20.1 Å². The van der Waals surface area contributed by atoms with Gasteiger partial charge in [-0.3, -0.25) is 4.79 Å². The van der Waals surface area contributed by atoms with Crippen molar-refractivity contribution in [2.24, 2.45) is 9.98 Å². The molecule has 17 heavy (non-hydrogen) atoms. The number of fused-ring (bicyclic) bond motifs is 1. The summed E-state index contributed by atoms with van der Waals surface area (Å²) in [6.45, 7) is 0. The average molecular weight is 250 g/mol. The second-order valence-electron chi connectivity index (χ2n) is 3.10. The van der Waals surface area contributed by atoms with Gasteiger partial charge in [-0.15, -0.1) is 0 Å². The van der Waals surface area contributed by atoms with Crippen LogP contribution in [0.5, 0.6) is 0 Å². The van der Waals surface area contributed by atoms with E-state index in [4.69, 9.17) is 0 Å². The lowest BCUT2D eigenvalue weighted by molar-refractivity contribution is -0.208. The largest absolute Gasteiger partial charge is 0.491 e. The maximum atomic E-state index is 11.9. The summed E-state index contributed by atoms with van der Waals surface area (Å²) in [6.07, 6.45) is -6.52. The molecule has 0 saturated carbocycles. The minimum Gasteiger partial charge on any atom is -0.421 e. The van der Waals surface area contributed by atoms with E-state index in [0.29, 0.717) is 0 Å². The third kappa shape index (κ3) is 2.25. The molecule has 1 amide bonds. The van der Waals surface area contributed by atoms with Crippen LogP contribution in [0.4, 0.5) is 13.2 Å². The highest BCUT2D eigenvalue weighted by atomic mass is 19.4. The lowest BCUT2D eigenvalue weighted by Crippen LogP contribution is -2.62. The number of aliphatic imine (C=N–C) groups is 2. The Balaban J connectivity index is 2.01. The minimum atomic E-state index is -5.13. The minimum absolute atomic E-state index is 0.00399. The zero-order valence-electron chi connectivity index (χ0n) is 7.99. The zero-order valence-corrected chi connectivity index (χ0v) is 7.99. The number of nitrogens with zero attached hydrogens (tertiary/aromatic N) is 2. The summed E-state index contributed by atoms with van der Waals surface area (Å²) in [4.78, 5) is 29.1. The summed E-state index contributed by atoms with van der Waals surface area (Å²) in [7, 11) is 0. The first-order valence-corrected chi connectivity index (χ1v) is 4.32. The van der Waals surface area contributed by atoms with Crippen molar-refractivity contribution < 1.29 is 27.5 Å². The van der Waals surface area contributed by atoms with Crippen molar-refractivity contribution in [2.75, 3.05) is 0 Å². The highest BCUT2D eigenvalue weighted by molar-refractivity contribution is 6.43. The quantitative estimate of drug-likeness (QED) is 0.578. The first kappa shape index (κ1) is 11.5. The van der Waals surface area contributed by atoms with E-state index in [1.54, 1.807) is 0 Å². The Kier molecular flexibility index (Phi) is 2.58. The number of hydrogen-bond acceptors (Lipinski definition) is 6. The third-order valence-corrected chi connectivity index (χ3v) is 1.93. The summed E-state index contributed by atoms with van der Waals surface area (Å²) in [5.74, 6) is -3.15. The van der Waals surface area contributed by atoms with Crippen molar-refractivity contribution in [3.63, 3.8) is 0 Å². The molecular formula is C7H5F3N4O3. The molecule has 10 heteroatoms. The number of carbonyl (C=O) groups is 2. The Hall–Kier alpha value is -1.97. The monoisotopic (exact) mass is 250 g/mol. The fourth-order valence-corrected chi connectivity index (χ4v) is 1.22. The predicted octanol–water partition coefficient (Wildman–Crippen LogP) is -1.10. The molecule has 1 saturated heterocycles. The van der Waals surface area contributed by atoms with Crippen LogP contribution in [0.25, 0.3) is 0 Å². The van der Waals surface area contributed by atoms with Crippen LogP contribution in [0.2, 0.25) is 0 Å². The maximum Gasteiger partial charge on any atom is 0.491 e. The number of amides is 1. The van der Waals surface area contributed by atoms with Gasteiger partial charge < -0.3 is 10.1 Å². The van der Waals surface area contributed by atoms with Crippen LogP contribution < -0.4 is 10.6 Å². The average Bonchev–Trinajstić information content (AvgIpc) is 2.64. The van der Waals surface area contributed by atoms with Crippen LogP contribution in [-0.4, -0.2) is 42.6 Å². The van der Waals surface area contributed by atoms with E-state index in [-0.39, 0.29) is 5.71 Å². The van der Waals surface area contributed by atoms with Gasteiger partial charge in [-0.2, -0.15) is 13.2 Å². The number of halogens is 3. The number of nitrogens with one attached hydrogen (secondary N) is 2. The summed E-state index contributed by atoms with van der Waals surface area (Å²) < 4.78 is 39.7. The molecule has 2 aliphatic rings. The van der Waals surface area contributed by atoms with Gasteiger partial charge in [-0.05, 0) is 0 Å². The molecule has 2 aliphatic heterocycles. The molecule has 2 unspecified atom stereocenters. The third-order valence-electron chi connectivity index (χ3n) is 1.93. The molecule has 0 aromatic carbocycles. The van der Waals surface area contributed by atoms with Crippen LogP contribution in [0.1, 0.15) is 0 Å². The van der Waals surface area contributed by atoms with Gasteiger partial charge in [0.25, 0.3) is 5.91 Å². The van der Waals surface area contributed by atoms with Crippen molar-refractivity contribution in [1.82, 2.24) is 10.6 Å². The van der Waals surface area contributed by atoms with Gasteiger partial charge in [0.05, 0.1) is 0 Å². The Bertz CT molecular complexity index is 431. The lowest BCUT2D eigenvalue weighted by atomic mass is 10.2. The van der Waals surface area contributed by atoms with Crippen LogP contribution in [0.15, 0.2) is 9.98 Å². The van der Waals surface area contributed by atoms with Crippen LogP contribution in [0.3, 0.4) is 0 Å². The van der Waals surface area contributed by atoms with E-state index >= 15 is 0 Å². The van der Waals surface area contributed by atoms with Gasteiger partial charge in [0, 0.05) is 0 Å². The fourth-order valence-electron chi connectivity index (χ4n) is 1.22. The number of ether oxygens (including phenoxy) is 1. The maximum absolute atomic E-state index is 11.9. The normalized spacial score (nSPS) is 27.2. The topological polar surface area (TPSA) is 92.1 Å². The molecule has 2 N–H and O–H groups in total. The molecule has 1 fully saturated rings. The SMILES string of the molecule is O=C1NC(OC(=O)C(F)(F)F)NC2N=CN=C12. The Morgan fingerprint density at radius 3 is 2.82 bits per heavy atom. The van der Waals surface area contributed by atoms with Gasteiger partial charge in [-0.1, -0.05) is 0 Å². The first-order valence-electron chi connectivity index (χ1n) is 4.32. The first-order chi connectivity index (χ1) is 7.88. The smallest absolute Gasteiger partial charge is 0.421 e. The molecule has 2 heterocycles. The molecule has 2 rings (SSSR count). The van der Waals surface area contributed by atoms with Gasteiger partial charge in [0.1, 0.15) is 12.1 Å². The number of carbonyl (C=O) groups excluding carboxylic acids is 2. The molecule has 0 radical (unpaired) electrons.